The van der Waals surface area contributed by atoms with Crippen molar-refractivity contribution in [3.63, 3.8) is 0 Å². The highest BCUT2D eigenvalue weighted by Crippen LogP contribution is 2.15. The van der Waals surface area contributed by atoms with E-state index >= 15 is 0 Å². The third-order valence-electron chi connectivity index (χ3n) is 4.02. The van der Waals surface area contributed by atoms with Crippen LogP contribution in [0.3, 0.4) is 0 Å². The summed E-state index contributed by atoms with van der Waals surface area (Å²) in [5.74, 6) is -1.41. The van der Waals surface area contributed by atoms with Gasteiger partial charge in [0.25, 0.3) is 0 Å². The van der Waals surface area contributed by atoms with Crippen molar-refractivity contribution in [3.8, 4) is 0 Å². The van der Waals surface area contributed by atoms with Gasteiger partial charge in [-0.2, -0.15) is 0 Å². The maximum Gasteiger partial charge on any atom is 0.243 e. The van der Waals surface area contributed by atoms with Crippen LogP contribution in [-0.4, -0.2) is 29.8 Å². The molecule has 0 fully saturated rings. The van der Waals surface area contributed by atoms with Gasteiger partial charge in [-0.15, -0.1) is 0 Å². The van der Waals surface area contributed by atoms with E-state index in [0.29, 0.717) is 6.42 Å². The molecule has 0 bridgehead atoms. The summed E-state index contributed by atoms with van der Waals surface area (Å²) in [6, 6.07) is 4.32. The highest BCUT2D eigenvalue weighted by molar-refractivity contribution is 5.91. The second-order valence-electron chi connectivity index (χ2n) is 6.46. The van der Waals surface area contributed by atoms with Crippen LogP contribution >= 0.6 is 0 Å². The lowest BCUT2D eigenvalue weighted by molar-refractivity contribution is -0.131. The lowest BCUT2D eigenvalue weighted by Crippen LogP contribution is -2.55. The van der Waals surface area contributed by atoms with Gasteiger partial charge in [0.15, 0.2) is 0 Å². The first kappa shape index (κ1) is 19.7. The zero-order valence-corrected chi connectivity index (χ0v) is 15.0. The van der Waals surface area contributed by atoms with E-state index in [2.05, 4.69) is 10.6 Å². The van der Waals surface area contributed by atoms with Crippen LogP contribution in [0.2, 0.25) is 0 Å². The van der Waals surface area contributed by atoms with Crippen molar-refractivity contribution in [2.75, 3.05) is 0 Å². The van der Waals surface area contributed by atoms with Crippen molar-refractivity contribution in [3.05, 3.63) is 34.9 Å². The Hall–Kier alpha value is -2.37. The van der Waals surface area contributed by atoms with Crippen molar-refractivity contribution in [2.45, 2.75) is 53.1 Å². The molecule has 0 aliphatic rings. The Labute approximate surface area is 143 Å². The van der Waals surface area contributed by atoms with Gasteiger partial charge in [-0.3, -0.25) is 14.4 Å². The molecule has 1 aromatic rings. The molecule has 0 saturated heterocycles. The number of benzene rings is 1. The lowest BCUT2D eigenvalue weighted by Gasteiger charge is -2.24. The number of carbonyl (C=O) groups is 3. The van der Waals surface area contributed by atoms with Gasteiger partial charge in [0.05, 0.1) is 0 Å². The minimum absolute atomic E-state index is 0.109. The van der Waals surface area contributed by atoms with Crippen LogP contribution < -0.4 is 16.4 Å². The number of primary amides is 1. The Kier molecular flexibility index (Phi) is 6.95. The Morgan fingerprint density at radius 2 is 1.62 bits per heavy atom. The molecule has 0 heterocycles. The number of carbonyl (C=O) groups excluding carboxylic acids is 3. The van der Waals surface area contributed by atoms with E-state index in [-0.39, 0.29) is 11.8 Å². The maximum atomic E-state index is 12.5. The van der Waals surface area contributed by atoms with Gasteiger partial charge < -0.3 is 16.4 Å². The number of hydrogen-bond acceptors (Lipinski definition) is 3. The Morgan fingerprint density at radius 1 is 1.08 bits per heavy atom. The van der Waals surface area contributed by atoms with Crippen LogP contribution in [0.1, 0.15) is 37.5 Å². The van der Waals surface area contributed by atoms with Crippen molar-refractivity contribution in [2.24, 2.45) is 11.7 Å². The quantitative estimate of drug-likeness (QED) is 0.693. The summed E-state index contributed by atoms with van der Waals surface area (Å²) in [4.78, 5) is 35.5. The summed E-state index contributed by atoms with van der Waals surface area (Å²) in [6.45, 7) is 8.91. The lowest BCUT2D eigenvalue weighted by atomic mass is 9.95. The molecule has 0 aromatic heterocycles. The minimum atomic E-state index is -0.827. The summed E-state index contributed by atoms with van der Waals surface area (Å²) in [7, 11) is 0. The number of hydrogen-bond donors (Lipinski definition) is 3. The van der Waals surface area contributed by atoms with Crippen LogP contribution in [-0.2, 0) is 20.8 Å². The van der Waals surface area contributed by atoms with Crippen molar-refractivity contribution >= 4 is 17.7 Å². The largest absolute Gasteiger partial charge is 0.368 e. The molecule has 0 aliphatic heterocycles. The van der Waals surface area contributed by atoms with E-state index in [9.17, 15) is 14.4 Å². The van der Waals surface area contributed by atoms with E-state index in [1.54, 1.807) is 0 Å². The molecule has 1 aromatic carbocycles. The van der Waals surface area contributed by atoms with Crippen LogP contribution in [0.25, 0.3) is 0 Å². The van der Waals surface area contributed by atoms with Gasteiger partial charge in [0.1, 0.15) is 12.1 Å². The SMILES string of the molecule is CC(=O)N[C@@H](C(=O)N[C@H](Cc1c(C)cccc1C)C(N)=O)C(C)C. The summed E-state index contributed by atoms with van der Waals surface area (Å²) in [6.07, 6.45) is 0.324. The third kappa shape index (κ3) is 5.37. The normalized spacial score (nSPS) is 13.2. The van der Waals surface area contributed by atoms with Crippen LogP contribution in [0.5, 0.6) is 0 Å². The first-order chi connectivity index (χ1) is 11.1. The molecule has 3 amide bonds. The topological polar surface area (TPSA) is 101 Å². The van der Waals surface area contributed by atoms with Gasteiger partial charge in [0, 0.05) is 13.3 Å². The molecular weight excluding hydrogens is 306 g/mol. The van der Waals surface area contributed by atoms with Gasteiger partial charge in [-0.05, 0) is 36.5 Å². The van der Waals surface area contributed by atoms with Crippen LogP contribution in [0.4, 0.5) is 0 Å². The molecular formula is C18H27N3O3. The average molecular weight is 333 g/mol. The second kappa shape index (κ2) is 8.47. The Balaban J connectivity index is 2.95. The number of nitrogens with two attached hydrogens (primary N) is 1. The fraction of sp³-hybridized carbons (Fsp3) is 0.500. The monoisotopic (exact) mass is 333 g/mol. The summed E-state index contributed by atoms with van der Waals surface area (Å²) < 4.78 is 0. The molecule has 0 aliphatic carbocycles. The van der Waals surface area contributed by atoms with Gasteiger partial charge in [-0.1, -0.05) is 32.0 Å². The molecule has 0 spiro atoms. The third-order valence-corrected chi connectivity index (χ3v) is 4.02. The first-order valence-corrected chi connectivity index (χ1v) is 8.05. The zero-order valence-electron chi connectivity index (χ0n) is 15.0. The van der Waals surface area contributed by atoms with E-state index < -0.39 is 23.9 Å². The predicted molar refractivity (Wildman–Crippen MR) is 93.2 cm³/mol. The average Bonchev–Trinajstić information content (AvgIpc) is 2.46. The van der Waals surface area contributed by atoms with Crippen molar-refractivity contribution in [1.29, 1.82) is 0 Å². The second-order valence-corrected chi connectivity index (χ2v) is 6.46. The standard InChI is InChI=1S/C18H27N3O3/c1-10(2)16(20-13(5)22)18(24)21-15(17(19)23)9-14-11(3)7-6-8-12(14)4/h6-8,10,15-16H,9H2,1-5H3,(H2,19,23)(H,20,22)(H,21,24)/t15-,16-/m1/s1. The molecule has 6 heteroatoms. The molecule has 4 N–H and O–H groups in total. The van der Waals surface area contributed by atoms with Crippen LogP contribution in [0, 0.1) is 19.8 Å². The number of rotatable bonds is 7. The van der Waals surface area contributed by atoms with E-state index in [0.717, 1.165) is 16.7 Å². The van der Waals surface area contributed by atoms with Gasteiger partial charge >= 0.3 is 0 Å². The molecule has 1 rings (SSSR count). The fourth-order valence-electron chi connectivity index (χ4n) is 2.61. The van der Waals surface area contributed by atoms with Gasteiger partial charge in [-0.25, -0.2) is 0 Å². The highest BCUT2D eigenvalue weighted by atomic mass is 16.2. The van der Waals surface area contributed by atoms with Gasteiger partial charge in [0.2, 0.25) is 17.7 Å². The van der Waals surface area contributed by atoms with E-state index in [1.807, 2.05) is 45.9 Å². The molecule has 2 atom stereocenters. The molecule has 0 saturated carbocycles. The molecule has 6 nitrogen and oxygen atoms in total. The number of aryl methyl sites for hydroxylation is 2. The Morgan fingerprint density at radius 3 is 2.04 bits per heavy atom. The summed E-state index contributed by atoms with van der Waals surface area (Å²) >= 11 is 0. The molecule has 24 heavy (non-hydrogen) atoms. The Bertz CT molecular complexity index is 606. The zero-order chi connectivity index (χ0) is 18.4. The fourth-order valence-corrected chi connectivity index (χ4v) is 2.61. The molecule has 0 radical (unpaired) electrons. The highest BCUT2D eigenvalue weighted by Gasteiger charge is 2.27. The number of nitrogens with one attached hydrogen (secondary N) is 2. The van der Waals surface area contributed by atoms with E-state index in [1.165, 1.54) is 6.92 Å². The first-order valence-electron chi connectivity index (χ1n) is 8.05. The minimum Gasteiger partial charge on any atom is -0.368 e. The number of amides is 3. The van der Waals surface area contributed by atoms with Crippen molar-refractivity contribution in [1.82, 2.24) is 10.6 Å². The molecule has 132 valence electrons. The summed E-state index contributed by atoms with van der Waals surface area (Å²) in [5, 5.41) is 5.28. The molecule has 0 unspecified atom stereocenters. The summed E-state index contributed by atoms with van der Waals surface area (Å²) in [5.41, 5.74) is 8.54. The maximum absolute atomic E-state index is 12.5. The van der Waals surface area contributed by atoms with E-state index in [4.69, 9.17) is 5.73 Å². The smallest absolute Gasteiger partial charge is 0.243 e. The predicted octanol–water partition coefficient (Wildman–Crippen LogP) is 0.977. The van der Waals surface area contributed by atoms with Crippen molar-refractivity contribution < 1.29 is 14.4 Å². The van der Waals surface area contributed by atoms with Crippen LogP contribution in [0.15, 0.2) is 18.2 Å².